The molecule has 0 saturated carbocycles. The first-order valence-corrected chi connectivity index (χ1v) is 10.1. The Kier molecular flexibility index (Phi) is 5.70. The fraction of sp³-hybridized carbons (Fsp3) is 0.273. The molecule has 0 aliphatic heterocycles. The van der Waals surface area contributed by atoms with E-state index in [9.17, 15) is 4.79 Å². The molecule has 146 valence electrons. The summed E-state index contributed by atoms with van der Waals surface area (Å²) in [5, 5.41) is 0.594. The molecule has 0 amide bonds. The largest absolute Gasteiger partial charge is 0.390 e. The van der Waals surface area contributed by atoms with E-state index in [-0.39, 0.29) is 5.56 Å². The number of anilines is 1. The summed E-state index contributed by atoms with van der Waals surface area (Å²) in [7, 11) is 2.02. The summed E-state index contributed by atoms with van der Waals surface area (Å²) in [6.07, 6.45) is 4.67. The number of nitrogens with zero attached hydrogens (tertiary/aromatic N) is 3. The van der Waals surface area contributed by atoms with Gasteiger partial charge in [0.1, 0.15) is 16.0 Å². The predicted molar refractivity (Wildman–Crippen MR) is 120 cm³/mol. The van der Waals surface area contributed by atoms with Crippen molar-refractivity contribution in [1.29, 1.82) is 0 Å². The van der Waals surface area contributed by atoms with E-state index < -0.39 is 0 Å². The second-order valence-corrected chi connectivity index (χ2v) is 7.92. The maximum Gasteiger partial charge on any atom is 0.276 e. The quantitative estimate of drug-likeness (QED) is 0.625. The Morgan fingerprint density at radius 2 is 2.00 bits per heavy atom. The molecule has 0 aliphatic carbocycles. The number of aromatic nitrogens is 2. The summed E-state index contributed by atoms with van der Waals surface area (Å²) in [4.78, 5) is 20.2. The molecule has 2 aromatic heterocycles. The average Bonchev–Trinajstić information content (AvgIpc) is 2.97. The number of rotatable bonds is 6. The molecule has 0 unspecified atom stereocenters. The predicted octanol–water partition coefficient (Wildman–Crippen LogP) is 4.51. The molecule has 28 heavy (non-hydrogen) atoms. The highest BCUT2D eigenvalue weighted by atomic mass is 32.1. The third-order valence-electron chi connectivity index (χ3n) is 4.70. The molecular weight excluding hydrogens is 368 g/mol. The van der Waals surface area contributed by atoms with Crippen LogP contribution in [0.3, 0.4) is 0 Å². The van der Waals surface area contributed by atoms with Gasteiger partial charge in [-0.05, 0) is 38.5 Å². The highest BCUT2D eigenvalue weighted by molar-refractivity contribution is 7.22. The third kappa shape index (κ3) is 3.47. The monoisotopic (exact) mass is 394 g/mol. The lowest BCUT2D eigenvalue weighted by Gasteiger charge is -2.22. The number of aryl methyl sites for hydroxylation is 2. The summed E-state index contributed by atoms with van der Waals surface area (Å²) in [6, 6.07) is 7.86. The first-order chi connectivity index (χ1) is 13.4. The van der Waals surface area contributed by atoms with Crippen molar-refractivity contribution < 1.29 is 0 Å². The normalized spacial score (nSPS) is 11.8. The molecule has 1 aromatic carbocycles. The number of nitrogens with two attached hydrogens (primary N) is 1. The van der Waals surface area contributed by atoms with Crippen LogP contribution in [0.25, 0.3) is 21.6 Å². The topological polar surface area (TPSA) is 64.2 Å². The minimum Gasteiger partial charge on any atom is -0.390 e. The lowest BCUT2D eigenvalue weighted by atomic mass is 10.1. The van der Waals surface area contributed by atoms with E-state index in [0.717, 1.165) is 35.5 Å². The maximum absolute atomic E-state index is 13.3. The van der Waals surface area contributed by atoms with Crippen LogP contribution >= 0.6 is 11.3 Å². The van der Waals surface area contributed by atoms with Gasteiger partial charge in [0, 0.05) is 19.3 Å². The lowest BCUT2D eigenvalue weighted by Crippen LogP contribution is -2.22. The first-order valence-electron chi connectivity index (χ1n) is 9.31. The molecule has 0 saturated heterocycles. The highest BCUT2D eigenvalue weighted by Crippen LogP contribution is 2.37. The molecule has 2 N–H and O–H groups in total. The Bertz CT molecular complexity index is 1110. The lowest BCUT2D eigenvalue weighted by molar-refractivity contribution is 0.478. The molecular formula is C22H26N4OS. The van der Waals surface area contributed by atoms with Gasteiger partial charge in [-0.2, -0.15) is 0 Å². The van der Waals surface area contributed by atoms with Crippen molar-refractivity contribution in [2.24, 2.45) is 0 Å². The molecule has 0 fully saturated rings. The molecule has 3 rings (SSSR count). The Labute approximate surface area is 169 Å². The van der Waals surface area contributed by atoms with Crippen LogP contribution in [-0.4, -0.2) is 28.0 Å². The van der Waals surface area contributed by atoms with Crippen molar-refractivity contribution in [2.45, 2.75) is 27.2 Å². The summed E-state index contributed by atoms with van der Waals surface area (Å²) in [6.45, 7) is 10.7. The highest BCUT2D eigenvalue weighted by Gasteiger charge is 2.22. The minimum absolute atomic E-state index is 0.0922. The van der Waals surface area contributed by atoms with Crippen molar-refractivity contribution in [3.8, 4) is 5.69 Å². The summed E-state index contributed by atoms with van der Waals surface area (Å²) < 4.78 is 2.22. The van der Waals surface area contributed by atoms with Crippen LogP contribution in [0.2, 0.25) is 0 Å². The van der Waals surface area contributed by atoms with Gasteiger partial charge in [0.05, 0.1) is 16.3 Å². The number of hydrogen-bond acceptors (Lipinski definition) is 5. The second-order valence-electron chi connectivity index (χ2n) is 6.86. The van der Waals surface area contributed by atoms with Gasteiger partial charge in [-0.3, -0.25) is 9.36 Å². The smallest absolute Gasteiger partial charge is 0.276 e. The Morgan fingerprint density at radius 1 is 1.32 bits per heavy atom. The Hall–Kier alpha value is -2.86. The molecule has 0 bridgehead atoms. The Morgan fingerprint density at radius 3 is 2.61 bits per heavy atom. The standard InChI is InChI=1S/C22H26N4OS/c1-6-8-17(25(5)13-7-2)18-19-20(28-21(18)23)22(27)26(15(4)24-19)16-11-9-14(3)10-12-16/h6,8-12H,1,7,13,23H2,2-5H3/b17-8+. The molecule has 2 heterocycles. The van der Waals surface area contributed by atoms with Crippen molar-refractivity contribution >= 4 is 32.3 Å². The number of benzene rings is 1. The zero-order valence-corrected chi connectivity index (χ0v) is 17.6. The van der Waals surface area contributed by atoms with Crippen LogP contribution in [0.1, 0.15) is 30.3 Å². The van der Waals surface area contributed by atoms with Gasteiger partial charge < -0.3 is 10.6 Å². The summed E-state index contributed by atoms with van der Waals surface area (Å²) >= 11 is 1.30. The summed E-state index contributed by atoms with van der Waals surface area (Å²) in [5.41, 5.74) is 10.6. The van der Waals surface area contributed by atoms with E-state index in [2.05, 4.69) is 18.4 Å². The van der Waals surface area contributed by atoms with E-state index in [1.165, 1.54) is 11.3 Å². The third-order valence-corrected chi connectivity index (χ3v) is 5.70. The molecule has 0 radical (unpaired) electrons. The second kappa shape index (κ2) is 8.02. The van der Waals surface area contributed by atoms with Crippen LogP contribution in [0.15, 0.2) is 47.8 Å². The number of nitrogen functional groups attached to an aromatic ring is 1. The van der Waals surface area contributed by atoms with Gasteiger partial charge in [-0.25, -0.2) is 4.98 Å². The molecule has 5 nitrogen and oxygen atoms in total. The number of allylic oxidation sites excluding steroid dienone is 2. The van der Waals surface area contributed by atoms with E-state index in [1.807, 2.05) is 51.2 Å². The van der Waals surface area contributed by atoms with Crippen molar-refractivity contribution in [1.82, 2.24) is 14.5 Å². The van der Waals surface area contributed by atoms with Crippen LogP contribution < -0.4 is 11.3 Å². The van der Waals surface area contributed by atoms with E-state index in [1.54, 1.807) is 10.6 Å². The number of thiophene rings is 1. The Balaban J connectivity index is 2.27. The van der Waals surface area contributed by atoms with Gasteiger partial charge in [0.2, 0.25) is 0 Å². The van der Waals surface area contributed by atoms with Crippen LogP contribution in [0.5, 0.6) is 0 Å². The van der Waals surface area contributed by atoms with E-state index in [4.69, 9.17) is 10.7 Å². The van der Waals surface area contributed by atoms with Crippen molar-refractivity contribution in [2.75, 3.05) is 19.3 Å². The zero-order chi connectivity index (χ0) is 20.4. The number of fused-ring (bicyclic) bond motifs is 1. The first kappa shape index (κ1) is 19.9. The van der Waals surface area contributed by atoms with Gasteiger partial charge in [0.15, 0.2) is 0 Å². The molecule has 0 spiro atoms. The molecule has 3 aromatic rings. The van der Waals surface area contributed by atoms with Gasteiger partial charge in [0.25, 0.3) is 5.56 Å². The summed E-state index contributed by atoms with van der Waals surface area (Å²) in [5.74, 6) is 0.636. The van der Waals surface area contributed by atoms with E-state index in [0.29, 0.717) is 21.0 Å². The van der Waals surface area contributed by atoms with Crippen LogP contribution in [-0.2, 0) is 0 Å². The zero-order valence-electron chi connectivity index (χ0n) is 16.8. The van der Waals surface area contributed by atoms with Crippen molar-refractivity contribution in [3.05, 3.63) is 70.3 Å². The minimum atomic E-state index is -0.0922. The van der Waals surface area contributed by atoms with Crippen LogP contribution in [0.4, 0.5) is 5.00 Å². The maximum atomic E-state index is 13.3. The SMILES string of the molecule is C=C/C=C(\c1c(N)sc2c(=O)n(-c3ccc(C)cc3)c(C)nc12)N(C)CCC. The fourth-order valence-corrected chi connectivity index (χ4v) is 4.31. The van der Waals surface area contributed by atoms with Crippen LogP contribution in [0, 0.1) is 13.8 Å². The number of hydrogen-bond donors (Lipinski definition) is 1. The van der Waals surface area contributed by atoms with Gasteiger partial charge in [-0.1, -0.05) is 37.3 Å². The molecule has 0 atom stereocenters. The van der Waals surface area contributed by atoms with Crippen molar-refractivity contribution in [3.63, 3.8) is 0 Å². The molecule has 0 aliphatic rings. The van der Waals surface area contributed by atoms with Gasteiger partial charge >= 0.3 is 0 Å². The fourth-order valence-electron chi connectivity index (χ4n) is 3.37. The van der Waals surface area contributed by atoms with Gasteiger partial charge in [-0.15, -0.1) is 11.3 Å². The molecule has 6 heteroatoms. The van der Waals surface area contributed by atoms with E-state index >= 15 is 0 Å². The average molecular weight is 395 g/mol.